The second-order valence-corrected chi connectivity index (χ2v) is 15.6. The minimum atomic E-state index is -0.877. The molecule has 0 aliphatic carbocycles. The number of aliphatic carboxylic acids is 1. The molecule has 0 aliphatic rings. The quantitative estimate of drug-likeness (QED) is 0.0293. The molecule has 51 heavy (non-hydrogen) atoms. The van der Waals surface area contributed by atoms with Gasteiger partial charge in [-0.2, -0.15) is 0 Å². The Labute approximate surface area is 314 Å². The van der Waals surface area contributed by atoms with E-state index >= 15 is 0 Å². The summed E-state index contributed by atoms with van der Waals surface area (Å²) >= 11 is 0. The normalized spacial score (nSPS) is 13.0. The molecule has 0 bridgehead atoms. The van der Waals surface area contributed by atoms with Gasteiger partial charge in [-0.15, -0.1) is 0 Å². The zero-order valence-corrected chi connectivity index (χ0v) is 34.1. The van der Waals surface area contributed by atoms with Crippen molar-refractivity contribution in [2.24, 2.45) is 0 Å². The van der Waals surface area contributed by atoms with Gasteiger partial charge >= 0.3 is 17.9 Å². The molecular formula is C43H82NO7+. The summed E-state index contributed by atoms with van der Waals surface area (Å²) in [5.74, 6) is -1.52. The Bertz CT molecular complexity index is 854. The Morgan fingerprint density at radius 1 is 0.569 bits per heavy atom. The van der Waals surface area contributed by atoms with Crippen LogP contribution < -0.4 is 0 Å². The molecule has 2 atom stereocenters. The number of esters is 2. The Balaban J connectivity index is 4.24. The minimum absolute atomic E-state index is 0.0549. The van der Waals surface area contributed by atoms with Gasteiger partial charge in [0, 0.05) is 19.3 Å². The predicted octanol–water partition coefficient (Wildman–Crippen LogP) is 11.1. The monoisotopic (exact) mass is 725 g/mol. The SMILES string of the molecule is CCCCCC/C=C/CCC(=O)OCC(COCCC(C(=O)O)[N+](C)(C)C)OC(=O)CCCCCCCCCCCCCCCCCCCCC. The average molecular weight is 725 g/mol. The average Bonchev–Trinajstić information content (AvgIpc) is 3.08. The number of nitrogens with zero attached hydrogens (tertiary/aromatic N) is 1. The lowest BCUT2D eigenvalue weighted by molar-refractivity contribution is -0.887. The van der Waals surface area contributed by atoms with E-state index in [0.717, 1.165) is 25.7 Å². The van der Waals surface area contributed by atoms with E-state index in [0.29, 0.717) is 19.3 Å². The number of unbranched alkanes of at least 4 members (excludes halogenated alkanes) is 22. The molecule has 0 rings (SSSR count). The van der Waals surface area contributed by atoms with Crippen molar-refractivity contribution in [1.82, 2.24) is 0 Å². The van der Waals surface area contributed by atoms with E-state index in [2.05, 4.69) is 19.9 Å². The molecule has 8 nitrogen and oxygen atoms in total. The van der Waals surface area contributed by atoms with Crippen LogP contribution in [0.5, 0.6) is 0 Å². The van der Waals surface area contributed by atoms with Gasteiger partial charge in [0.2, 0.25) is 0 Å². The molecule has 0 amide bonds. The number of rotatable bonds is 38. The molecule has 0 saturated carbocycles. The molecular weight excluding hydrogens is 642 g/mol. The van der Waals surface area contributed by atoms with Gasteiger partial charge in [0.1, 0.15) is 6.61 Å². The number of quaternary nitrogens is 1. The number of allylic oxidation sites excluding steroid dienone is 2. The molecule has 0 heterocycles. The second kappa shape index (κ2) is 35.1. The summed E-state index contributed by atoms with van der Waals surface area (Å²) in [6, 6.07) is -0.613. The predicted molar refractivity (Wildman–Crippen MR) is 211 cm³/mol. The topological polar surface area (TPSA) is 99.1 Å². The van der Waals surface area contributed by atoms with Crippen molar-refractivity contribution in [3.63, 3.8) is 0 Å². The van der Waals surface area contributed by atoms with Crippen molar-refractivity contribution >= 4 is 17.9 Å². The van der Waals surface area contributed by atoms with Crippen LogP contribution in [-0.4, -0.2) is 80.6 Å². The highest BCUT2D eigenvalue weighted by Gasteiger charge is 2.31. The van der Waals surface area contributed by atoms with Gasteiger partial charge in [-0.3, -0.25) is 9.59 Å². The fraction of sp³-hybridized carbons (Fsp3) is 0.884. The van der Waals surface area contributed by atoms with Gasteiger partial charge in [-0.05, 0) is 25.7 Å². The van der Waals surface area contributed by atoms with Crippen LogP contribution in [0.4, 0.5) is 0 Å². The van der Waals surface area contributed by atoms with Crippen molar-refractivity contribution in [2.75, 3.05) is 41.0 Å². The number of likely N-dealkylation sites (N-methyl/N-ethyl adjacent to an activating group) is 1. The highest BCUT2D eigenvalue weighted by molar-refractivity contribution is 5.72. The summed E-state index contributed by atoms with van der Waals surface area (Å²) < 4.78 is 17.2. The van der Waals surface area contributed by atoms with Crippen molar-refractivity contribution in [2.45, 2.75) is 206 Å². The third kappa shape index (κ3) is 33.6. The number of carbonyl (C=O) groups is 3. The maximum absolute atomic E-state index is 12.7. The fourth-order valence-electron chi connectivity index (χ4n) is 6.34. The summed E-state index contributed by atoms with van der Waals surface area (Å²) in [5, 5.41) is 9.58. The van der Waals surface area contributed by atoms with E-state index in [-0.39, 0.29) is 42.7 Å². The zero-order chi connectivity index (χ0) is 37.8. The van der Waals surface area contributed by atoms with E-state index in [1.165, 1.54) is 128 Å². The Kier molecular flexibility index (Phi) is 33.8. The maximum Gasteiger partial charge on any atom is 0.362 e. The van der Waals surface area contributed by atoms with E-state index in [9.17, 15) is 19.5 Å². The van der Waals surface area contributed by atoms with E-state index < -0.39 is 18.1 Å². The summed E-state index contributed by atoms with van der Waals surface area (Å²) in [4.78, 5) is 36.7. The van der Waals surface area contributed by atoms with Crippen molar-refractivity contribution in [1.29, 1.82) is 0 Å². The number of carboxylic acid groups (broad SMARTS) is 1. The molecule has 0 radical (unpaired) electrons. The number of carboxylic acids is 1. The third-order valence-electron chi connectivity index (χ3n) is 9.68. The lowest BCUT2D eigenvalue weighted by atomic mass is 10.0. The Morgan fingerprint density at radius 3 is 1.49 bits per heavy atom. The van der Waals surface area contributed by atoms with Crippen molar-refractivity contribution in [3.8, 4) is 0 Å². The molecule has 1 N–H and O–H groups in total. The van der Waals surface area contributed by atoms with Crippen LogP contribution >= 0.6 is 0 Å². The second-order valence-electron chi connectivity index (χ2n) is 15.6. The van der Waals surface area contributed by atoms with Gasteiger partial charge in [0.15, 0.2) is 12.1 Å². The van der Waals surface area contributed by atoms with Gasteiger partial charge in [0.25, 0.3) is 0 Å². The van der Waals surface area contributed by atoms with Gasteiger partial charge in [0.05, 0.1) is 34.4 Å². The highest BCUT2D eigenvalue weighted by Crippen LogP contribution is 2.16. The van der Waals surface area contributed by atoms with Crippen LogP contribution in [0.1, 0.15) is 194 Å². The van der Waals surface area contributed by atoms with Gasteiger partial charge < -0.3 is 23.8 Å². The Morgan fingerprint density at radius 2 is 1.02 bits per heavy atom. The molecule has 300 valence electrons. The van der Waals surface area contributed by atoms with Gasteiger partial charge in [-0.25, -0.2) is 4.79 Å². The highest BCUT2D eigenvalue weighted by atomic mass is 16.6. The minimum Gasteiger partial charge on any atom is -0.477 e. The molecule has 0 aromatic heterocycles. The van der Waals surface area contributed by atoms with E-state index in [1.807, 2.05) is 27.2 Å². The molecule has 8 heteroatoms. The van der Waals surface area contributed by atoms with Crippen molar-refractivity contribution < 1.29 is 38.2 Å². The van der Waals surface area contributed by atoms with Crippen LogP contribution in [0.2, 0.25) is 0 Å². The number of ether oxygens (including phenoxy) is 3. The fourth-order valence-corrected chi connectivity index (χ4v) is 6.34. The van der Waals surface area contributed by atoms with E-state index in [4.69, 9.17) is 14.2 Å². The van der Waals surface area contributed by atoms with Gasteiger partial charge in [-0.1, -0.05) is 161 Å². The van der Waals surface area contributed by atoms with Crippen LogP contribution in [0.15, 0.2) is 12.2 Å². The first kappa shape index (κ1) is 49.1. The Hall–Kier alpha value is -1.93. The number of hydrogen-bond acceptors (Lipinski definition) is 6. The first-order chi connectivity index (χ1) is 24.6. The third-order valence-corrected chi connectivity index (χ3v) is 9.68. The summed E-state index contributed by atoms with van der Waals surface area (Å²) in [7, 11) is 5.51. The van der Waals surface area contributed by atoms with Crippen LogP contribution in [0, 0.1) is 0 Å². The summed E-state index contributed by atoms with van der Waals surface area (Å²) in [6.45, 7) is 4.67. The van der Waals surface area contributed by atoms with Crippen molar-refractivity contribution in [3.05, 3.63) is 12.2 Å². The largest absolute Gasteiger partial charge is 0.477 e. The number of hydrogen-bond donors (Lipinski definition) is 1. The number of carbonyl (C=O) groups excluding carboxylic acids is 2. The summed E-state index contributed by atoms with van der Waals surface area (Å²) in [5.41, 5.74) is 0. The smallest absolute Gasteiger partial charge is 0.362 e. The standard InChI is InChI=1S/C43H81NO7/c1-6-8-10-12-14-16-17-18-19-20-21-22-23-24-25-26-28-30-32-34-42(46)51-39(37-49-36-35-40(43(47)48)44(3,4)5)38-50-41(45)33-31-29-27-15-13-11-9-7-2/h27,29,39-40H,6-26,28,30-38H2,1-5H3/p+1/b29-27+. The molecule has 0 spiro atoms. The molecule has 0 saturated heterocycles. The first-order valence-corrected chi connectivity index (χ1v) is 21.2. The molecule has 0 fully saturated rings. The van der Waals surface area contributed by atoms with Crippen LogP contribution in [0.3, 0.4) is 0 Å². The van der Waals surface area contributed by atoms with Crippen LogP contribution in [0.25, 0.3) is 0 Å². The maximum atomic E-state index is 12.7. The molecule has 0 aromatic carbocycles. The summed E-state index contributed by atoms with van der Waals surface area (Å²) in [6.07, 6.45) is 35.7. The lowest BCUT2D eigenvalue weighted by Crippen LogP contribution is -2.50. The van der Waals surface area contributed by atoms with Crippen LogP contribution in [-0.2, 0) is 28.6 Å². The first-order valence-electron chi connectivity index (χ1n) is 21.2. The van der Waals surface area contributed by atoms with E-state index in [1.54, 1.807) is 0 Å². The lowest BCUT2D eigenvalue weighted by Gasteiger charge is -2.31. The molecule has 0 aliphatic heterocycles. The molecule has 0 aromatic rings. The zero-order valence-electron chi connectivity index (χ0n) is 34.1. The molecule has 2 unspecified atom stereocenters.